The zero-order chi connectivity index (χ0) is 13.5. The molecule has 0 fully saturated rings. The van der Waals surface area contributed by atoms with E-state index in [-0.39, 0.29) is 12.2 Å². The minimum Gasteiger partial charge on any atom is -0.454 e. The van der Waals surface area contributed by atoms with Crippen molar-refractivity contribution in [3.63, 3.8) is 0 Å². The number of carbonyl (C=O) groups excluding carboxylic acids is 3. The third kappa shape index (κ3) is 4.15. The maximum absolute atomic E-state index is 11.4. The Hall–Kier alpha value is -1.93. The van der Waals surface area contributed by atoms with Crippen molar-refractivity contribution >= 4 is 34.1 Å². The Kier molecular flexibility index (Phi) is 5.28. The van der Waals surface area contributed by atoms with E-state index in [1.807, 2.05) is 0 Å². The number of rotatable bonds is 6. The average molecular weight is 272 g/mol. The maximum Gasteiger partial charge on any atom is 0.332 e. The van der Waals surface area contributed by atoms with E-state index in [9.17, 15) is 14.4 Å². The Labute approximate surface area is 107 Å². The summed E-state index contributed by atoms with van der Waals surface area (Å²) in [4.78, 5) is 33.3. The minimum absolute atomic E-state index is 0.219. The third-order valence-electron chi connectivity index (χ3n) is 1.81. The number of esters is 1. The van der Waals surface area contributed by atoms with Crippen LogP contribution in [0.25, 0.3) is 0 Å². The van der Waals surface area contributed by atoms with Gasteiger partial charge in [0.15, 0.2) is 6.61 Å². The van der Waals surface area contributed by atoms with E-state index >= 15 is 0 Å². The molecule has 0 aliphatic rings. The van der Waals surface area contributed by atoms with Crippen LogP contribution in [0.2, 0.25) is 0 Å². The molecule has 0 aliphatic heterocycles. The molecule has 0 spiro atoms. The normalized spacial score (nSPS) is 9.83. The van der Waals surface area contributed by atoms with Crippen molar-refractivity contribution in [2.45, 2.75) is 0 Å². The topological polar surface area (TPSA) is 108 Å². The van der Waals surface area contributed by atoms with Gasteiger partial charge in [-0.2, -0.15) is 0 Å². The first-order chi connectivity index (χ1) is 8.54. The van der Waals surface area contributed by atoms with Crippen molar-refractivity contribution in [2.75, 3.05) is 25.6 Å². The summed E-state index contributed by atoms with van der Waals surface area (Å²) < 4.78 is 9.13. The zero-order valence-electron chi connectivity index (χ0n) is 9.60. The lowest BCUT2D eigenvalue weighted by atomic mass is 10.3. The number of methoxy groups -OCH3 is 1. The van der Waals surface area contributed by atoms with E-state index in [1.54, 1.807) is 5.38 Å². The first kappa shape index (κ1) is 14.1. The maximum atomic E-state index is 11.4. The second-order valence-electron chi connectivity index (χ2n) is 3.17. The molecule has 0 atom stereocenters. The highest BCUT2D eigenvalue weighted by Gasteiger charge is 2.13. The molecule has 18 heavy (non-hydrogen) atoms. The molecule has 7 nitrogen and oxygen atoms in total. The molecule has 1 rings (SSSR count). The summed E-state index contributed by atoms with van der Waals surface area (Å²) in [7, 11) is 1.34. The van der Waals surface area contributed by atoms with Crippen LogP contribution in [0, 0.1) is 0 Å². The first-order valence-corrected chi connectivity index (χ1v) is 5.74. The molecule has 0 radical (unpaired) electrons. The first-order valence-electron chi connectivity index (χ1n) is 4.86. The van der Waals surface area contributed by atoms with E-state index in [1.165, 1.54) is 13.2 Å². The molecule has 1 aromatic rings. The van der Waals surface area contributed by atoms with Crippen LogP contribution >= 0.6 is 11.3 Å². The fourth-order valence-electron chi connectivity index (χ4n) is 1.07. The van der Waals surface area contributed by atoms with E-state index in [4.69, 9.17) is 5.73 Å². The van der Waals surface area contributed by atoms with Gasteiger partial charge in [0, 0.05) is 7.11 Å². The van der Waals surface area contributed by atoms with Gasteiger partial charge < -0.3 is 20.5 Å². The summed E-state index contributed by atoms with van der Waals surface area (Å²) in [5, 5.41) is 4.38. The molecule has 0 aliphatic carbocycles. The summed E-state index contributed by atoms with van der Waals surface area (Å²) in [6, 6.07) is 1.50. The Morgan fingerprint density at radius 3 is 2.72 bits per heavy atom. The molecular weight excluding hydrogens is 260 g/mol. The zero-order valence-corrected chi connectivity index (χ0v) is 10.4. The Morgan fingerprint density at radius 2 is 2.11 bits per heavy atom. The molecule has 3 N–H and O–H groups in total. The number of primary amides is 1. The van der Waals surface area contributed by atoms with Crippen molar-refractivity contribution in [2.24, 2.45) is 5.73 Å². The van der Waals surface area contributed by atoms with Gasteiger partial charge in [0.05, 0.1) is 5.56 Å². The minimum atomic E-state index is -0.644. The summed E-state index contributed by atoms with van der Waals surface area (Å²) in [5.74, 6) is -1.83. The van der Waals surface area contributed by atoms with Crippen LogP contribution in [0.5, 0.6) is 0 Å². The molecular formula is C10H12N2O5S. The van der Waals surface area contributed by atoms with Gasteiger partial charge in [-0.05, 0) is 11.4 Å². The molecule has 0 saturated heterocycles. The number of nitrogens with one attached hydrogen (secondary N) is 1. The van der Waals surface area contributed by atoms with Crippen LogP contribution < -0.4 is 11.1 Å². The van der Waals surface area contributed by atoms with E-state index in [0.29, 0.717) is 5.00 Å². The highest BCUT2D eigenvalue weighted by molar-refractivity contribution is 7.14. The summed E-state index contributed by atoms with van der Waals surface area (Å²) in [5.41, 5.74) is 5.33. The van der Waals surface area contributed by atoms with E-state index in [0.717, 1.165) is 11.3 Å². The fourth-order valence-corrected chi connectivity index (χ4v) is 1.88. The summed E-state index contributed by atoms with van der Waals surface area (Å²) in [6.07, 6.45) is 0. The predicted octanol–water partition coefficient (Wildman–Crippen LogP) is -0.0249. The number of amides is 2. The molecule has 0 bridgehead atoms. The molecule has 98 valence electrons. The van der Waals surface area contributed by atoms with Crippen molar-refractivity contribution < 1.29 is 23.9 Å². The summed E-state index contributed by atoms with van der Waals surface area (Å²) >= 11 is 1.15. The molecule has 2 amide bonds. The van der Waals surface area contributed by atoms with E-state index < -0.39 is 24.4 Å². The van der Waals surface area contributed by atoms with Crippen LogP contribution in [0.4, 0.5) is 5.00 Å². The average Bonchev–Trinajstić information content (AvgIpc) is 2.75. The van der Waals surface area contributed by atoms with Gasteiger partial charge in [-0.1, -0.05) is 0 Å². The lowest BCUT2D eigenvalue weighted by molar-refractivity contribution is -0.150. The van der Waals surface area contributed by atoms with Crippen LogP contribution in [0.3, 0.4) is 0 Å². The molecule has 1 aromatic heterocycles. The number of ether oxygens (including phenoxy) is 2. The van der Waals surface area contributed by atoms with E-state index in [2.05, 4.69) is 14.8 Å². The second kappa shape index (κ2) is 6.72. The van der Waals surface area contributed by atoms with Gasteiger partial charge in [0.2, 0.25) is 0 Å². The smallest absolute Gasteiger partial charge is 0.332 e. The number of hydrogen-bond donors (Lipinski definition) is 2. The van der Waals surface area contributed by atoms with Gasteiger partial charge in [0.1, 0.15) is 11.6 Å². The van der Waals surface area contributed by atoms with Crippen LogP contribution in [0.1, 0.15) is 10.4 Å². The number of thiophene rings is 1. The van der Waals surface area contributed by atoms with Crippen molar-refractivity contribution in [1.82, 2.24) is 0 Å². The van der Waals surface area contributed by atoms with Gasteiger partial charge in [-0.15, -0.1) is 11.3 Å². The highest BCUT2D eigenvalue weighted by Crippen LogP contribution is 2.22. The molecule has 0 aromatic carbocycles. The standard InChI is InChI=1S/C10H12N2O5S/c1-16-5-8(14)17-4-7(13)12-10-6(9(11)15)2-3-18-10/h2-3H,4-5H2,1H3,(H2,11,15)(H,12,13). The van der Waals surface area contributed by atoms with Crippen molar-refractivity contribution in [3.05, 3.63) is 17.0 Å². The highest BCUT2D eigenvalue weighted by atomic mass is 32.1. The van der Waals surface area contributed by atoms with Gasteiger partial charge in [-0.25, -0.2) is 4.79 Å². The van der Waals surface area contributed by atoms with Gasteiger partial charge in [0.25, 0.3) is 11.8 Å². The Bertz CT molecular complexity index is 457. The largest absolute Gasteiger partial charge is 0.454 e. The predicted molar refractivity (Wildman–Crippen MR) is 64.3 cm³/mol. The quantitative estimate of drug-likeness (QED) is 0.707. The van der Waals surface area contributed by atoms with Crippen molar-refractivity contribution in [1.29, 1.82) is 0 Å². The van der Waals surface area contributed by atoms with Crippen molar-refractivity contribution in [3.8, 4) is 0 Å². The molecule has 0 saturated carbocycles. The monoisotopic (exact) mass is 272 g/mol. The number of nitrogens with two attached hydrogens (primary N) is 1. The molecule has 1 heterocycles. The van der Waals surface area contributed by atoms with Gasteiger partial charge in [-0.3, -0.25) is 9.59 Å². The SMILES string of the molecule is COCC(=O)OCC(=O)Nc1sccc1C(N)=O. The van der Waals surface area contributed by atoms with Crippen LogP contribution in [-0.2, 0) is 19.1 Å². The van der Waals surface area contributed by atoms with Crippen LogP contribution in [0.15, 0.2) is 11.4 Å². The molecule has 0 unspecified atom stereocenters. The Morgan fingerprint density at radius 1 is 1.39 bits per heavy atom. The lowest BCUT2D eigenvalue weighted by Crippen LogP contribution is -2.23. The lowest BCUT2D eigenvalue weighted by Gasteiger charge is -2.05. The summed E-state index contributed by atoms with van der Waals surface area (Å²) in [6.45, 7) is -0.670. The molecule has 8 heteroatoms. The number of anilines is 1. The fraction of sp³-hybridized carbons (Fsp3) is 0.300. The third-order valence-corrected chi connectivity index (χ3v) is 2.64. The van der Waals surface area contributed by atoms with Gasteiger partial charge >= 0.3 is 5.97 Å². The number of carbonyl (C=O) groups is 3. The van der Waals surface area contributed by atoms with Crippen LogP contribution in [-0.4, -0.2) is 38.1 Å². The second-order valence-corrected chi connectivity index (χ2v) is 4.09. The number of hydrogen-bond acceptors (Lipinski definition) is 6. The Balaban J connectivity index is 2.47.